The van der Waals surface area contributed by atoms with Crippen molar-refractivity contribution < 1.29 is 14.2 Å². The number of rotatable bonds is 5. The molecule has 3 atom stereocenters. The number of β-amino-alcohol motifs (C(OH)–C–C–N with tert-alkyl or cyclic N) is 1. The van der Waals surface area contributed by atoms with Crippen LogP contribution in [0, 0.1) is 5.82 Å². The van der Waals surface area contributed by atoms with Gasteiger partial charge in [-0.1, -0.05) is 6.42 Å². The van der Waals surface area contributed by atoms with E-state index in [1.165, 1.54) is 31.4 Å². The van der Waals surface area contributed by atoms with Crippen LogP contribution in [0.3, 0.4) is 0 Å². The maximum absolute atomic E-state index is 12.8. The fourth-order valence-electron chi connectivity index (χ4n) is 2.85. The Morgan fingerprint density at radius 3 is 2.45 bits per heavy atom. The van der Waals surface area contributed by atoms with Crippen LogP contribution < -0.4 is 4.74 Å². The predicted octanol–water partition coefficient (Wildman–Crippen LogP) is 2.83. The van der Waals surface area contributed by atoms with Crippen LogP contribution in [0.25, 0.3) is 0 Å². The number of ether oxygens (including phenoxy) is 1. The number of nitrogens with zero attached hydrogens (tertiary/aromatic N) is 1. The average Bonchev–Trinajstić information content (AvgIpc) is 2.42. The van der Waals surface area contributed by atoms with Crippen molar-refractivity contribution in [3.63, 3.8) is 0 Å². The Morgan fingerprint density at radius 2 is 1.85 bits per heavy atom. The van der Waals surface area contributed by atoms with Gasteiger partial charge in [-0.15, -0.1) is 0 Å². The van der Waals surface area contributed by atoms with Gasteiger partial charge in [-0.05, 0) is 51.0 Å². The zero-order valence-electron chi connectivity index (χ0n) is 12.3. The summed E-state index contributed by atoms with van der Waals surface area (Å²) in [6, 6.07) is 6.90. The van der Waals surface area contributed by atoms with Crippen molar-refractivity contribution in [1.29, 1.82) is 0 Å². The molecule has 0 aromatic heterocycles. The summed E-state index contributed by atoms with van der Waals surface area (Å²) in [6.45, 7) is 5.29. The molecule has 0 aliphatic carbocycles. The van der Waals surface area contributed by atoms with Crippen LogP contribution in [0.15, 0.2) is 24.3 Å². The molecule has 1 aliphatic heterocycles. The van der Waals surface area contributed by atoms with Gasteiger partial charge in [-0.3, -0.25) is 4.90 Å². The number of halogens is 1. The van der Waals surface area contributed by atoms with Crippen LogP contribution in [-0.4, -0.2) is 41.3 Å². The molecule has 1 N–H and O–H groups in total. The average molecular weight is 281 g/mol. The fraction of sp³-hybridized carbons (Fsp3) is 0.625. The van der Waals surface area contributed by atoms with Gasteiger partial charge in [0.15, 0.2) is 0 Å². The van der Waals surface area contributed by atoms with Gasteiger partial charge >= 0.3 is 0 Å². The number of likely N-dealkylation sites (tertiary alicyclic amines) is 1. The summed E-state index contributed by atoms with van der Waals surface area (Å²) in [5.41, 5.74) is 0. The molecular weight excluding hydrogens is 257 g/mol. The Morgan fingerprint density at radius 1 is 1.25 bits per heavy atom. The molecule has 0 bridgehead atoms. The lowest BCUT2D eigenvalue weighted by Gasteiger charge is -2.40. The summed E-state index contributed by atoms with van der Waals surface area (Å²) in [4.78, 5) is 2.35. The van der Waals surface area contributed by atoms with Gasteiger partial charge in [0.1, 0.15) is 24.3 Å². The van der Waals surface area contributed by atoms with E-state index in [4.69, 9.17) is 4.74 Å². The summed E-state index contributed by atoms with van der Waals surface area (Å²) in [6.07, 6.45) is 3.12. The first-order chi connectivity index (χ1) is 9.56. The lowest BCUT2D eigenvalue weighted by Crippen LogP contribution is -2.48. The molecule has 112 valence electrons. The van der Waals surface area contributed by atoms with Crippen molar-refractivity contribution >= 4 is 0 Å². The minimum Gasteiger partial charge on any atom is -0.491 e. The van der Waals surface area contributed by atoms with Crippen molar-refractivity contribution in [1.82, 2.24) is 4.90 Å². The van der Waals surface area contributed by atoms with Crippen LogP contribution in [0.4, 0.5) is 4.39 Å². The van der Waals surface area contributed by atoms with E-state index >= 15 is 0 Å². The van der Waals surface area contributed by atoms with Crippen molar-refractivity contribution in [2.45, 2.75) is 51.3 Å². The van der Waals surface area contributed by atoms with E-state index in [-0.39, 0.29) is 12.4 Å². The van der Waals surface area contributed by atoms with E-state index in [1.54, 1.807) is 12.1 Å². The number of piperidine rings is 1. The number of aliphatic hydroxyl groups is 1. The summed E-state index contributed by atoms with van der Waals surface area (Å²) in [7, 11) is 0. The zero-order chi connectivity index (χ0) is 14.5. The molecule has 20 heavy (non-hydrogen) atoms. The molecule has 0 spiro atoms. The Kier molecular flexibility index (Phi) is 5.38. The van der Waals surface area contributed by atoms with Crippen molar-refractivity contribution in [3.8, 4) is 5.75 Å². The van der Waals surface area contributed by atoms with E-state index in [1.807, 2.05) is 0 Å². The highest BCUT2D eigenvalue weighted by Crippen LogP contribution is 2.22. The van der Waals surface area contributed by atoms with Crippen LogP contribution in [-0.2, 0) is 0 Å². The largest absolute Gasteiger partial charge is 0.491 e. The molecule has 1 fully saturated rings. The third kappa shape index (κ3) is 4.18. The van der Waals surface area contributed by atoms with Crippen LogP contribution in [0.2, 0.25) is 0 Å². The zero-order valence-corrected chi connectivity index (χ0v) is 12.3. The predicted molar refractivity (Wildman–Crippen MR) is 77.4 cm³/mol. The van der Waals surface area contributed by atoms with Crippen LogP contribution in [0.5, 0.6) is 5.75 Å². The number of hydrogen-bond donors (Lipinski definition) is 1. The van der Waals surface area contributed by atoms with Gasteiger partial charge in [-0.25, -0.2) is 4.39 Å². The molecule has 0 saturated carbocycles. The third-order valence-corrected chi connectivity index (χ3v) is 4.05. The summed E-state index contributed by atoms with van der Waals surface area (Å²) < 4.78 is 18.3. The van der Waals surface area contributed by atoms with Crippen molar-refractivity contribution in [2.75, 3.05) is 13.2 Å². The Bertz CT molecular complexity index is 399. The molecule has 1 aromatic rings. The monoisotopic (exact) mass is 281 g/mol. The highest BCUT2D eigenvalue weighted by molar-refractivity contribution is 5.22. The quantitative estimate of drug-likeness (QED) is 0.901. The summed E-state index contributed by atoms with van der Waals surface area (Å²) >= 11 is 0. The highest BCUT2D eigenvalue weighted by atomic mass is 19.1. The van der Waals surface area contributed by atoms with Gasteiger partial charge in [0.05, 0.1) is 0 Å². The molecule has 0 radical (unpaired) electrons. The second kappa shape index (κ2) is 7.04. The Labute approximate surface area is 120 Å². The lowest BCUT2D eigenvalue weighted by molar-refractivity contribution is 0.0209. The minimum absolute atomic E-state index is 0.238. The third-order valence-electron chi connectivity index (χ3n) is 4.05. The minimum atomic E-state index is -0.525. The van der Waals surface area contributed by atoms with Crippen LogP contribution >= 0.6 is 0 Å². The van der Waals surface area contributed by atoms with Gasteiger partial charge < -0.3 is 9.84 Å². The number of hydrogen-bond acceptors (Lipinski definition) is 3. The lowest BCUT2D eigenvalue weighted by atomic mass is 9.97. The molecule has 1 saturated heterocycles. The SMILES string of the molecule is C[C@@H]1CCC[C@H](C)N1C[C@@H](O)COc1ccc(F)cc1. The number of aliphatic hydroxyl groups excluding tert-OH is 1. The van der Waals surface area contributed by atoms with E-state index in [0.29, 0.717) is 24.4 Å². The topological polar surface area (TPSA) is 32.7 Å². The Balaban J connectivity index is 1.79. The first-order valence-electron chi connectivity index (χ1n) is 7.38. The normalized spacial score (nSPS) is 25.4. The van der Waals surface area contributed by atoms with Crippen molar-refractivity contribution in [2.24, 2.45) is 0 Å². The van der Waals surface area contributed by atoms with E-state index in [9.17, 15) is 9.50 Å². The van der Waals surface area contributed by atoms with Crippen molar-refractivity contribution in [3.05, 3.63) is 30.1 Å². The Hall–Kier alpha value is -1.13. The summed E-state index contributed by atoms with van der Waals surface area (Å²) in [5.74, 6) is 0.305. The fourth-order valence-corrected chi connectivity index (χ4v) is 2.85. The van der Waals surface area contributed by atoms with E-state index in [2.05, 4.69) is 18.7 Å². The smallest absolute Gasteiger partial charge is 0.123 e. The van der Waals surface area contributed by atoms with E-state index < -0.39 is 6.10 Å². The molecular formula is C16H24FNO2. The van der Waals surface area contributed by atoms with Gasteiger partial charge in [0.25, 0.3) is 0 Å². The molecule has 3 nitrogen and oxygen atoms in total. The molecule has 2 rings (SSSR count). The first kappa shape index (κ1) is 15.3. The maximum atomic E-state index is 12.8. The molecule has 1 heterocycles. The van der Waals surface area contributed by atoms with Gasteiger partial charge in [0.2, 0.25) is 0 Å². The molecule has 1 aliphatic rings. The number of benzene rings is 1. The molecule has 1 aromatic carbocycles. The van der Waals surface area contributed by atoms with E-state index in [0.717, 1.165) is 0 Å². The van der Waals surface area contributed by atoms with Crippen LogP contribution in [0.1, 0.15) is 33.1 Å². The molecule has 0 amide bonds. The van der Waals surface area contributed by atoms with Gasteiger partial charge in [0, 0.05) is 18.6 Å². The second-order valence-electron chi connectivity index (χ2n) is 5.74. The van der Waals surface area contributed by atoms with Gasteiger partial charge in [-0.2, -0.15) is 0 Å². The maximum Gasteiger partial charge on any atom is 0.123 e. The first-order valence-corrected chi connectivity index (χ1v) is 7.38. The summed E-state index contributed by atoms with van der Waals surface area (Å²) in [5, 5.41) is 10.1. The second-order valence-corrected chi connectivity index (χ2v) is 5.74. The standard InChI is InChI=1S/C16H24FNO2/c1-12-4-3-5-13(2)18(12)10-15(19)11-20-16-8-6-14(17)7-9-16/h6-9,12-13,15,19H,3-5,10-11H2,1-2H3/t12-,13+,15-/m1/s1. The highest BCUT2D eigenvalue weighted by Gasteiger charge is 2.26. The molecule has 0 unspecified atom stereocenters. The molecule has 4 heteroatoms.